The van der Waals surface area contributed by atoms with Crippen LogP contribution in [0, 0.1) is 5.92 Å². The van der Waals surface area contributed by atoms with E-state index in [1.807, 2.05) is 36.4 Å². The van der Waals surface area contributed by atoms with Crippen LogP contribution in [-0.4, -0.2) is 32.0 Å². The number of benzene rings is 2. The standard InChI is InChI=1S/C21H24N2O5/c22-20(15-6-8-25-9-7-15)21(24)23-16-3-1-2-14(10-16)12-26-17-4-5-18-19(11-17)28-13-27-18/h1-5,10-11,15,20H,6-9,12-13,22H2,(H,23,24). The van der Waals surface area contributed by atoms with Crippen LogP contribution in [0.25, 0.3) is 0 Å². The fourth-order valence-corrected chi connectivity index (χ4v) is 3.39. The highest BCUT2D eigenvalue weighted by molar-refractivity contribution is 5.94. The fraction of sp³-hybridized carbons (Fsp3) is 0.381. The zero-order chi connectivity index (χ0) is 19.3. The van der Waals surface area contributed by atoms with Gasteiger partial charge in [-0.15, -0.1) is 0 Å². The topological polar surface area (TPSA) is 92.0 Å². The van der Waals surface area contributed by atoms with Crippen LogP contribution in [0.3, 0.4) is 0 Å². The van der Waals surface area contributed by atoms with Gasteiger partial charge in [0.2, 0.25) is 12.7 Å². The number of ether oxygens (including phenoxy) is 4. The summed E-state index contributed by atoms with van der Waals surface area (Å²) < 4.78 is 21.8. The zero-order valence-electron chi connectivity index (χ0n) is 15.6. The zero-order valence-corrected chi connectivity index (χ0v) is 15.6. The molecule has 148 valence electrons. The Morgan fingerprint density at radius 3 is 2.82 bits per heavy atom. The molecule has 7 nitrogen and oxygen atoms in total. The molecule has 3 N–H and O–H groups in total. The third-order valence-corrected chi connectivity index (χ3v) is 5.02. The van der Waals surface area contributed by atoms with E-state index >= 15 is 0 Å². The van der Waals surface area contributed by atoms with Gasteiger partial charge < -0.3 is 30.0 Å². The lowest BCUT2D eigenvalue weighted by Gasteiger charge is -2.26. The number of rotatable bonds is 6. The van der Waals surface area contributed by atoms with Crippen LogP contribution in [-0.2, 0) is 16.1 Å². The van der Waals surface area contributed by atoms with Crippen molar-refractivity contribution in [2.45, 2.75) is 25.5 Å². The Labute approximate surface area is 163 Å². The number of carbonyl (C=O) groups excluding carboxylic acids is 1. The fourth-order valence-electron chi connectivity index (χ4n) is 3.39. The van der Waals surface area contributed by atoms with Gasteiger partial charge in [0.25, 0.3) is 0 Å². The molecule has 0 radical (unpaired) electrons. The van der Waals surface area contributed by atoms with E-state index in [-0.39, 0.29) is 18.6 Å². The van der Waals surface area contributed by atoms with E-state index in [2.05, 4.69) is 5.32 Å². The van der Waals surface area contributed by atoms with Gasteiger partial charge in [-0.3, -0.25) is 4.79 Å². The Kier molecular flexibility index (Phi) is 5.64. The molecule has 1 atom stereocenters. The molecule has 0 spiro atoms. The van der Waals surface area contributed by atoms with Gasteiger partial charge in [-0.25, -0.2) is 0 Å². The van der Waals surface area contributed by atoms with Gasteiger partial charge >= 0.3 is 0 Å². The summed E-state index contributed by atoms with van der Waals surface area (Å²) in [6, 6.07) is 12.5. The summed E-state index contributed by atoms with van der Waals surface area (Å²) in [7, 11) is 0. The van der Waals surface area contributed by atoms with Gasteiger partial charge in [-0.1, -0.05) is 12.1 Å². The number of fused-ring (bicyclic) bond motifs is 1. The Morgan fingerprint density at radius 2 is 1.96 bits per heavy atom. The number of nitrogens with one attached hydrogen (secondary N) is 1. The summed E-state index contributed by atoms with van der Waals surface area (Å²) in [5, 5.41) is 2.91. The molecule has 2 aromatic carbocycles. The van der Waals surface area contributed by atoms with E-state index in [0.717, 1.165) is 24.2 Å². The quantitative estimate of drug-likeness (QED) is 0.796. The number of nitrogens with two attached hydrogens (primary N) is 1. The largest absolute Gasteiger partial charge is 0.489 e. The number of carbonyl (C=O) groups is 1. The average molecular weight is 384 g/mol. The van der Waals surface area contributed by atoms with E-state index in [0.29, 0.717) is 37.0 Å². The molecule has 1 fully saturated rings. The Hall–Kier alpha value is -2.77. The van der Waals surface area contributed by atoms with Crippen molar-refractivity contribution in [3.05, 3.63) is 48.0 Å². The van der Waals surface area contributed by atoms with Crippen LogP contribution >= 0.6 is 0 Å². The van der Waals surface area contributed by atoms with Crippen molar-refractivity contribution < 1.29 is 23.7 Å². The molecule has 2 heterocycles. The van der Waals surface area contributed by atoms with Gasteiger partial charge in [0.05, 0.1) is 6.04 Å². The molecule has 2 aromatic rings. The van der Waals surface area contributed by atoms with Gasteiger partial charge in [0, 0.05) is 25.0 Å². The van der Waals surface area contributed by atoms with Crippen molar-refractivity contribution >= 4 is 11.6 Å². The normalized spacial score (nSPS) is 17.2. The molecule has 0 bridgehead atoms. The summed E-state index contributed by atoms with van der Waals surface area (Å²) in [6.07, 6.45) is 1.63. The molecule has 0 aromatic heterocycles. The highest BCUT2D eigenvalue weighted by Gasteiger charge is 2.26. The van der Waals surface area contributed by atoms with Crippen molar-refractivity contribution in [2.24, 2.45) is 11.7 Å². The average Bonchev–Trinajstić information content (AvgIpc) is 3.20. The van der Waals surface area contributed by atoms with Crippen molar-refractivity contribution in [1.29, 1.82) is 0 Å². The molecular formula is C21H24N2O5. The van der Waals surface area contributed by atoms with E-state index in [9.17, 15) is 4.79 Å². The molecule has 7 heteroatoms. The maximum Gasteiger partial charge on any atom is 0.241 e. The van der Waals surface area contributed by atoms with Crippen LogP contribution in [0.2, 0.25) is 0 Å². The van der Waals surface area contributed by atoms with Gasteiger partial charge in [0.1, 0.15) is 12.4 Å². The maximum absolute atomic E-state index is 12.5. The highest BCUT2D eigenvalue weighted by atomic mass is 16.7. The summed E-state index contributed by atoms with van der Waals surface area (Å²) in [5.41, 5.74) is 7.79. The first-order valence-electron chi connectivity index (χ1n) is 9.44. The summed E-state index contributed by atoms with van der Waals surface area (Å²) in [4.78, 5) is 12.5. The third-order valence-electron chi connectivity index (χ3n) is 5.02. The minimum atomic E-state index is -0.530. The van der Waals surface area contributed by atoms with Crippen LogP contribution < -0.4 is 25.3 Å². The van der Waals surface area contributed by atoms with E-state index in [4.69, 9.17) is 24.7 Å². The summed E-state index contributed by atoms with van der Waals surface area (Å²) >= 11 is 0. The lowest BCUT2D eigenvalue weighted by molar-refractivity contribution is -0.119. The number of anilines is 1. The lowest BCUT2D eigenvalue weighted by atomic mass is 9.92. The van der Waals surface area contributed by atoms with E-state index in [1.54, 1.807) is 6.07 Å². The predicted octanol–water partition coefficient (Wildman–Crippen LogP) is 2.69. The van der Waals surface area contributed by atoms with Crippen molar-refractivity contribution in [3.63, 3.8) is 0 Å². The molecular weight excluding hydrogens is 360 g/mol. The Morgan fingerprint density at radius 1 is 1.14 bits per heavy atom. The monoisotopic (exact) mass is 384 g/mol. The minimum Gasteiger partial charge on any atom is -0.489 e. The SMILES string of the molecule is NC(C(=O)Nc1cccc(COc2ccc3c(c2)OCO3)c1)C1CCOCC1. The first kappa shape index (κ1) is 18.6. The molecule has 1 saturated heterocycles. The van der Waals surface area contributed by atoms with Crippen LogP contribution in [0.15, 0.2) is 42.5 Å². The number of amides is 1. The molecule has 2 aliphatic heterocycles. The van der Waals surface area contributed by atoms with Crippen LogP contribution in [0.5, 0.6) is 17.2 Å². The van der Waals surface area contributed by atoms with Crippen molar-refractivity contribution in [2.75, 3.05) is 25.3 Å². The smallest absolute Gasteiger partial charge is 0.241 e. The highest BCUT2D eigenvalue weighted by Crippen LogP contribution is 2.35. The van der Waals surface area contributed by atoms with Crippen molar-refractivity contribution in [1.82, 2.24) is 0 Å². The summed E-state index contributed by atoms with van der Waals surface area (Å²) in [6.45, 7) is 1.93. The maximum atomic E-state index is 12.5. The molecule has 2 aliphatic rings. The second-order valence-corrected chi connectivity index (χ2v) is 6.97. The third kappa shape index (κ3) is 4.37. The van der Waals surface area contributed by atoms with Crippen molar-refractivity contribution in [3.8, 4) is 17.2 Å². The lowest BCUT2D eigenvalue weighted by Crippen LogP contribution is -2.44. The van der Waals surface area contributed by atoms with Gasteiger partial charge in [-0.2, -0.15) is 0 Å². The number of hydrogen-bond acceptors (Lipinski definition) is 6. The van der Waals surface area contributed by atoms with Crippen LogP contribution in [0.1, 0.15) is 18.4 Å². The number of hydrogen-bond donors (Lipinski definition) is 2. The second-order valence-electron chi connectivity index (χ2n) is 6.97. The Bertz CT molecular complexity index is 835. The first-order valence-corrected chi connectivity index (χ1v) is 9.44. The molecule has 0 saturated carbocycles. The molecule has 4 rings (SSSR count). The van der Waals surface area contributed by atoms with Gasteiger partial charge in [-0.05, 0) is 48.6 Å². The molecule has 28 heavy (non-hydrogen) atoms. The predicted molar refractivity (Wildman–Crippen MR) is 103 cm³/mol. The van der Waals surface area contributed by atoms with Crippen LogP contribution in [0.4, 0.5) is 5.69 Å². The Balaban J connectivity index is 1.34. The van der Waals surface area contributed by atoms with E-state index < -0.39 is 6.04 Å². The van der Waals surface area contributed by atoms with Gasteiger partial charge in [0.15, 0.2) is 11.5 Å². The minimum absolute atomic E-state index is 0.159. The first-order chi connectivity index (χ1) is 13.7. The molecule has 1 unspecified atom stereocenters. The molecule has 0 aliphatic carbocycles. The van der Waals surface area contributed by atoms with E-state index in [1.165, 1.54) is 0 Å². The second kappa shape index (κ2) is 8.50. The molecule has 1 amide bonds. The summed E-state index contributed by atoms with van der Waals surface area (Å²) in [5.74, 6) is 2.09.